The molecule has 0 bridgehead atoms. The number of hydrogen-bond donors (Lipinski definition) is 2. The summed E-state index contributed by atoms with van der Waals surface area (Å²) in [5.74, 6) is -0.738. The molecule has 0 saturated heterocycles. The Morgan fingerprint density at radius 2 is 1.71 bits per heavy atom. The van der Waals surface area contributed by atoms with Crippen molar-refractivity contribution >= 4 is 29.9 Å². The van der Waals surface area contributed by atoms with Crippen LogP contribution in [0.5, 0.6) is 0 Å². The summed E-state index contributed by atoms with van der Waals surface area (Å²) < 4.78 is 26.3. The smallest absolute Gasteiger partial charge is 0.251 e. The molecule has 1 aliphatic rings. The lowest BCUT2D eigenvalue weighted by Gasteiger charge is -2.30. The van der Waals surface area contributed by atoms with Crippen molar-refractivity contribution in [2.75, 3.05) is 24.3 Å². The Morgan fingerprint density at radius 1 is 1.04 bits per heavy atom. The SMILES string of the molecule is CN(C)c1cc(N[C@H]2CC[C@@H](NC(=O)c3ccc(F)c(F)c3)CC2)ncn1.Cl. The van der Waals surface area contributed by atoms with Crippen LogP contribution in [-0.4, -0.2) is 42.1 Å². The molecule has 6 nitrogen and oxygen atoms in total. The lowest BCUT2D eigenvalue weighted by molar-refractivity contribution is 0.0926. The van der Waals surface area contributed by atoms with Crippen LogP contribution in [0.25, 0.3) is 0 Å². The molecule has 1 amide bonds. The maximum absolute atomic E-state index is 13.3. The van der Waals surface area contributed by atoms with Gasteiger partial charge in [-0.15, -0.1) is 12.4 Å². The Kier molecular flexibility index (Phi) is 7.51. The molecular formula is C19H24ClF2N5O. The number of nitrogens with one attached hydrogen (secondary N) is 2. The van der Waals surface area contributed by atoms with Crippen molar-refractivity contribution in [2.24, 2.45) is 0 Å². The quantitative estimate of drug-likeness (QED) is 0.789. The third-order valence-electron chi connectivity index (χ3n) is 4.71. The van der Waals surface area contributed by atoms with Crippen LogP contribution >= 0.6 is 12.4 Å². The molecule has 3 rings (SSSR count). The Hall–Kier alpha value is -2.48. The summed E-state index contributed by atoms with van der Waals surface area (Å²) in [4.78, 5) is 22.6. The van der Waals surface area contributed by atoms with Gasteiger partial charge >= 0.3 is 0 Å². The van der Waals surface area contributed by atoms with Gasteiger partial charge in [0.15, 0.2) is 11.6 Å². The highest BCUT2D eigenvalue weighted by Gasteiger charge is 2.23. The molecule has 0 radical (unpaired) electrons. The van der Waals surface area contributed by atoms with E-state index < -0.39 is 11.6 Å². The highest BCUT2D eigenvalue weighted by molar-refractivity contribution is 5.94. The molecule has 152 valence electrons. The number of halogens is 3. The van der Waals surface area contributed by atoms with Gasteiger partial charge < -0.3 is 15.5 Å². The first-order chi connectivity index (χ1) is 12.9. The first-order valence-electron chi connectivity index (χ1n) is 8.94. The molecule has 1 aromatic heterocycles. The van der Waals surface area contributed by atoms with E-state index in [-0.39, 0.29) is 36.0 Å². The van der Waals surface area contributed by atoms with Gasteiger partial charge in [0.2, 0.25) is 0 Å². The molecule has 0 aliphatic heterocycles. The highest BCUT2D eigenvalue weighted by Crippen LogP contribution is 2.23. The lowest BCUT2D eigenvalue weighted by atomic mass is 9.91. The number of nitrogens with zero attached hydrogens (tertiary/aromatic N) is 3. The predicted octanol–water partition coefficient (Wildman–Crippen LogP) is 3.40. The Balaban J connectivity index is 0.00000280. The molecule has 1 fully saturated rings. The number of carbonyl (C=O) groups is 1. The number of hydrogen-bond acceptors (Lipinski definition) is 5. The van der Waals surface area contributed by atoms with Gasteiger partial charge in [-0.25, -0.2) is 18.7 Å². The second kappa shape index (κ2) is 9.64. The molecule has 0 atom stereocenters. The number of rotatable bonds is 5. The molecule has 1 heterocycles. The van der Waals surface area contributed by atoms with Crippen LogP contribution in [0, 0.1) is 11.6 Å². The van der Waals surface area contributed by atoms with E-state index in [1.807, 2.05) is 25.1 Å². The van der Waals surface area contributed by atoms with E-state index in [0.29, 0.717) is 0 Å². The van der Waals surface area contributed by atoms with Gasteiger partial charge in [0, 0.05) is 37.8 Å². The van der Waals surface area contributed by atoms with Gasteiger partial charge in [0.05, 0.1) is 0 Å². The molecule has 1 aromatic carbocycles. The molecule has 28 heavy (non-hydrogen) atoms. The minimum absolute atomic E-state index is 0. The number of benzene rings is 1. The van der Waals surface area contributed by atoms with E-state index in [1.165, 1.54) is 12.4 Å². The van der Waals surface area contributed by atoms with E-state index in [1.54, 1.807) is 0 Å². The minimum Gasteiger partial charge on any atom is -0.367 e. The molecule has 0 spiro atoms. The van der Waals surface area contributed by atoms with Crippen LogP contribution in [0.15, 0.2) is 30.6 Å². The van der Waals surface area contributed by atoms with E-state index >= 15 is 0 Å². The standard InChI is InChI=1S/C19H23F2N5O.ClH/c1-26(2)18-10-17(22-11-23-18)24-13-4-6-14(7-5-13)25-19(27)12-3-8-15(20)16(21)9-12;/h3,8-11,13-14H,4-7H2,1-2H3,(H,25,27)(H,22,23,24);1H/t13-,14+;. The zero-order valence-corrected chi connectivity index (χ0v) is 16.6. The lowest BCUT2D eigenvalue weighted by Crippen LogP contribution is -2.40. The summed E-state index contributed by atoms with van der Waals surface area (Å²) in [5, 5.41) is 6.32. The zero-order valence-electron chi connectivity index (χ0n) is 15.8. The average Bonchev–Trinajstić information content (AvgIpc) is 2.65. The van der Waals surface area contributed by atoms with Crippen LogP contribution in [0.2, 0.25) is 0 Å². The molecule has 1 saturated carbocycles. The third kappa shape index (κ3) is 5.51. The molecular weight excluding hydrogens is 388 g/mol. The largest absolute Gasteiger partial charge is 0.367 e. The number of aromatic nitrogens is 2. The predicted molar refractivity (Wildman–Crippen MR) is 107 cm³/mol. The second-order valence-corrected chi connectivity index (χ2v) is 6.95. The van der Waals surface area contributed by atoms with Gasteiger partial charge in [-0.3, -0.25) is 4.79 Å². The van der Waals surface area contributed by atoms with Crippen LogP contribution in [0.1, 0.15) is 36.0 Å². The molecule has 2 aromatic rings. The van der Waals surface area contributed by atoms with E-state index in [0.717, 1.165) is 49.5 Å². The first-order valence-corrected chi connectivity index (χ1v) is 8.94. The summed E-state index contributed by atoms with van der Waals surface area (Å²) in [5.41, 5.74) is 0.131. The molecule has 9 heteroatoms. The van der Waals surface area contributed by atoms with Crippen molar-refractivity contribution in [3.8, 4) is 0 Å². The molecule has 1 aliphatic carbocycles. The van der Waals surface area contributed by atoms with Gasteiger partial charge in [-0.05, 0) is 43.9 Å². The summed E-state index contributed by atoms with van der Waals surface area (Å²) in [7, 11) is 3.85. The second-order valence-electron chi connectivity index (χ2n) is 6.95. The van der Waals surface area contributed by atoms with Crippen molar-refractivity contribution in [3.63, 3.8) is 0 Å². The fourth-order valence-electron chi connectivity index (χ4n) is 3.17. The average molecular weight is 412 g/mol. The van der Waals surface area contributed by atoms with Gasteiger partial charge in [-0.2, -0.15) is 0 Å². The summed E-state index contributed by atoms with van der Waals surface area (Å²) >= 11 is 0. The molecule has 2 N–H and O–H groups in total. The highest BCUT2D eigenvalue weighted by atomic mass is 35.5. The first kappa shape index (κ1) is 21.8. The fraction of sp³-hybridized carbons (Fsp3) is 0.421. The van der Waals surface area contributed by atoms with E-state index in [4.69, 9.17) is 0 Å². The normalized spacial score (nSPS) is 18.7. The van der Waals surface area contributed by atoms with Crippen LogP contribution < -0.4 is 15.5 Å². The van der Waals surface area contributed by atoms with Crippen LogP contribution in [0.3, 0.4) is 0 Å². The summed E-state index contributed by atoms with van der Waals surface area (Å²) in [6.45, 7) is 0. The monoisotopic (exact) mass is 411 g/mol. The van der Waals surface area contributed by atoms with E-state index in [9.17, 15) is 13.6 Å². The van der Waals surface area contributed by atoms with E-state index in [2.05, 4.69) is 20.6 Å². The minimum atomic E-state index is -1.02. The van der Waals surface area contributed by atoms with Crippen molar-refractivity contribution in [2.45, 2.75) is 37.8 Å². The third-order valence-corrected chi connectivity index (χ3v) is 4.71. The fourth-order valence-corrected chi connectivity index (χ4v) is 3.17. The van der Waals surface area contributed by atoms with Crippen molar-refractivity contribution in [1.29, 1.82) is 0 Å². The molecule has 0 unspecified atom stereocenters. The summed E-state index contributed by atoms with van der Waals surface area (Å²) in [6.07, 6.45) is 4.90. The summed E-state index contributed by atoms with van der Waals surface area (Å²) in [6, 6.07) is 5.37. The van der Waals surface area contributed by atoms with Crippen molar-refractivity contribution < 1.29 is 13.6 Å². The van der Waals surface area contributed by atoms with Crippen LogP contribution in [0.4, 0.5) is 20.4 Å². The Bertz CT molecular complexity index is 813. The van der Waals surface area contributed by atoms with Gasteiger partial charge in [-0.1, -0.05) is 0 Å². The van der Waals surface area contributed by atoms with Gasteiger partial charge in [0.1, 0.15) is 18.0 Å². The Labute approximate surface area is 169 Å². The topological polar surface area (TPSA) is 70.2 Å². The maximum atomic E-state index is 13.3. The number of amides is 1. The van der Waals surface area contributed by atoms with Gasteiger partial charge in [0.25, 0.3) is 5.91 Å². The Morgan fingerprint density at radius 3 is 2.36 bits per heavy atom. The zero-order chi connectivity index (χ0) is 19.4. The number of anilines is 2. The number of carbonyl (C=O) groups excluding carboxylic acids is 1. The van der Waals surface area contributed by atoms with Crippen molar-refractivity contribution in [1.82, 2.24) is 15.3 Å². The van der Waals surface area contributed by atoms with Crippen LogP contribution in [-0.2, 0) is 0 Å². The maximum Gasteiger partial charge on any atom is 0.251 e. The van der Waals surface area contributed by atoms with Crippen molar-refractivity contribution in [3.05, 3.63) is 47.8 Å².